The van der Waals surface area contributed by atoms with Gasteiger partial charge in [-0.1, -0.05) is 12.1 Å². The number of hydrogen-bond acceptors (Lipinski definition) is 4. The lowest BCUT2D eigenvalue weighted by Crippen LogP contribution is -2.26. The molecule has 0 unspecified atom stereocenters. The molecular formula is C13H19N3O. The van der Waals surface area contributed by atoms with Crippen LogP contribution in [0.1, 0.15) is 11.1 Å². The normalized spacial score (nSPS) is 14.4. The Bertz CT molecular complexity index is 415. The topological polar surface area (TPSA) is 45.6 Å². The highest BCUT2D eigenvalue weighted by Crippen LogP contribution is 2.19. The highest BCUT2D eigenvalue weighted by Gasteiger charge is 2.07. The van der Waals surface area contributed by atoms with Gasteiger partial charge in [0.05, 0.1) is 19.7 Å². The Kier molecular flexibility index (Phi) is 3.98. The number of benzene rings is 1. The quantitative estimate of drug-likeness (QED) is 0.811. The van der Waals surface area contributed by atoms with Crippen molar-refractivity contribution >= 4 is 11.5 Å². The zero-order valence-corrected chi connectivity index (χ0v) is 10.4. The number of ether oxygens (including phenoxy) is 1. The van der Waals surface area contributed by atoms with E-state index >= 15 is 0 Å². The third-order valence-corrected chi connectivity index (χ3v) is 2.94. The standard InChI is InChI=1S/C13H19N3O/c1-10-11(9-17-2)4-3-5-12(10)16-8-13-14-6-7-15-13/h3-5,16H,6-9H2,1-2H3,(H,14,15). The molecular weight excluding hydrogens is 214 g/mol. The van der Waals surface area contributed by atoms with Crippen molar-refractivity contribution in [2.45, 2.75) is 13.5 Å². The molecule has 0 amide bonds. The van der Waals surface area contributed by atoms with Crippen molar-refractivity contribution in [1.82, 2.24) is 5.32 Å². The maximum Gasteiger partial charge on any atom is 0.116 e. The van der Waals surface area contributed by atoms with Crippen LogP contribution in [0.25, 0.3) is 0 Å². The van der Waals surface area contributed by atoms with E-state index in [0.717, 1.165) is 31.2 Å². The predicted octanol–water partition coefficient (Wildman–Crippen LogP) is 1.56. The van der Waals surface area contributed by atoms with Gasteiger partial charge in [-0.2, -0.15) is 0 Å². The fourth-order valence-electron chi connectivity index (χ4n) is 1.93. The SMILES string of the molecule is COCc1cccc(NCC2=NCCN2)c1C. The summed E-state index contributed by atoms with van der Waals surface area (Å²) >= 11 is 0. The Labute approximate surface area is 102 Å². The average molecular weight is 233 g/mol. The molecule has 0 saturated carbocycles. The second kappa shape index (κ2) is 5.68. The first kappa shape index (κ1) is 11.9. The van der Waals surface area contributed by atoms with E-state index in [1.165, 1.54) is 11.1 Å². The van der Waals surface area contributed by atoms with Crippen LogP contribution in [0.4, 0.5) is 5.69 Å². The average Bonchev–Trinajstić information content (AvgIpc) is 2.83. The molecule has 0 bridgehead atoms. The second-order valence-corrected chi connectivity index (χ2v) is 4.13. The molecule has 92 valence electrons. The molecule has 0 spiro atoms. The second-order valence-electron chi connectivity index (χ2n) is 4.13. The van der Waals surface area contributed by atoms with Crippen LogP contribution in [0.5, 0.6) is 0 Å². The molecule has 1 aliphatic heterocycles. The van der Waals surface area contributed by atoms with Crippen molar-refractivity contribution in [1.29, 1.82) is 0 Å². The lowest BCUT2D eigenvalue weighted by atomic mass is 10.1. The molecule has 1 heterocycles. The van der Waals surface area contributed by atoms with Gasteiger partial charge in [-0.3, -0.25) is 4.99 Å². The molecule has 0 aliphatic carbocycles. The summed E-state index contributed by atoms with van der Waals surface area (Å²) in [7, 11) is 1.72. The predicted molar refractivity (Wildman–Crippen MR) is 70.7 cm³/mol. The van der Waals surface area contributed by atoms with E-state index in [9.17, 15) is 0 Å². The molecule has 1 aromatic rings. The number of nitrogens with zero attached hydrogens (tertiary/aromatic N) is 1. The summed E-state index contributed by atoms with van der Waals surface area (Å²) in [5, 5.41) is 6.65. The van der Waals surface area contributed by atoms with Crippen molar-refractivity contribution in [2.24, 2.45) is 4.99 Å². The van der Waals surface area contributed by atoms with Crippen LogP contribution < -0.4 is 10.6 Å². The Morgan fingerprint density at radius 1 is 1.47 bits per heavy atom. The van der Waals surface area contributed by atoms with Crippen LogP contribution in [0.15, 0.2) is 23.2 Å². The smallest absolute Gasteiger partial charge is 0.116 e. The molecule has 2 N–H and O–H groups in total. The van der Waals surface area contributed by atoms with E-state index < -0.39 is 0 Å². The van der Waals surface area contributed by atoms with Crippen molar-refractivity contribution < 1.29 is 4.74 Å². The van der Waals surface area contributed by atoms with E-state index in [2.05, 4.69) is 34.7 Å². The highest BCUT2D eigenvalue weighted by atomic mass is 16.5. The molecule has 0 saturated heterocycles. The van der Waals surface area contributed by atoms with Gasteiger partial charge in [0.25, 0.3) is 0 Å². The van der Waals surface area contributed by atoms with Crippen LogP contribution in [-0.2, 0) is 11.3 Å². The summed E-state index contributed by atoms with van der Waals surface area (Å²) in [6.45, 7) is 5.37. The Morgan fingerprint density at radius 2 is 2.35 bits per heavy atom. The van der Waals surface area contributed by atoms with Crippen LogP contribution in [-0.4, -0.2) is 32.6 Å². The lowest BCUT2D eigenvalue weighted by molar-refractivity contribution is 0.184. The van der Waals surface area contributed by atoms with Crippen LogP contribution in [0, 0.1) is 6.92 Å². The minimum atomic E-state index is 0.653. The van der Waals surface area contributed by atoms with Gasteiger partial charge in [0.1, 0.15) is 5.84 Å². The van der Waals surface area contributed by atoms with Gasteiger partial charge in [-0.15, -0.1) is 0 Å². The van der Waals surface area contributed by atoms with E-state index in [-0.39, 0.29) is 0 Å². The summed E-state index contributed by atoms with van der Waals surface area (Å²) in [5.74, 6) is 1.04. The number of anilines is 1. The van der Waals surface area contributed by atoms with Crippen molar-refractivity contribution in [2.75, 3.05) is 32.1 Å². The van der Waals surface area contributed by atoms with Gasteiger partial charge in [-0.05, 0) is 24.1 Å². The number of methoxy groups -OCH3 is 1. The zero-order chi connectivity index (χ0) is 12.1. The minimum absolute atomic E-state index is 0.653. The highest BCUT2D eigenvalue weighted by molar-refractivity contribution is 5.87. The van der Waals surface area contributed by atoms with E-state index in [4.69, 9.17) is 4.74 Å². The largest absolute Gasteiger partial charge is 0.380 e. The minimum Gasteiger partial charge on any atom is -0.380 e. The van der Waals surface area contributed by atoms with Crippen molar-refractivity contribution in [3.63, 3.8) is 0 Å². The van der Waals surface area contributed by atoms with Gasteiger partial charge in [0.15, 0.2) is 0 Å². The first-order valence-corrected chi connectivity index (χ1v) is 5.89. The van der Waals surface area contributed by atoms with E-state index in [1.807, 2.05) is 6.07 Å². The molecule has 0 atom stereocenters. The van der Waals surface area contributed by atoms with Crippen molar-refractivity contribution in [3.8, 4) is 0 Å². The maximum atomic E-state index is 5.18. The third kappa shape index (κ3) is 2.97. The number of hydrogen-bond donors (Lipinski definition) is 2. The van der Waals surface area contributed by atoms with Crippen LogP contribution in [0.2, 0.25) is 0 Å². The fraction of sp³-hybridized carbons (Fsp3) is 0.462. The molecule has 1 aromatic carbocycles. The van der Waals surface area contributed by atoms with Gasteiger partial charge in [-0.25, -0.2) is 0 Å². The third-order valence-electron chi connectivity index (χ3n) is 2.94. The summed E-state index contributed by atoms with van der Waals surface area (Å²) in [5.41, 5.74) is 3.61. The summed E-state index contributed by atoms with van der Waals surface area (Å²) in [6.07, 6.45) is 0. The first-order chi connectivity index (χ1) is 8.31. The summed E-state index contributed by atoms with van der Waals surface area (Å²) in [6, 6.07) is 6.23. The molecule has 2 rings (SSSR count). The lowest BCUT2D eigenvalue weighted by Gasteiger charge is -2.13. The summed E-state index contributed by atoms with van der Waals surface area (Å²) < 4.78 is 5.18. The van der Waals surface area contributed by atoms with E-state index in [1.54, 1.807) is 7.11 Å². The van der Waals surface area contributed by atoms with Crippen LogP contribution >= 0.6 is 0 Å². The number of amidine groups is 1. The Morgan fingerprint density at radius 3 is 3.06 bits per heavy atom. The Balaban J connectivity index is 2.02. The monoisotopic (exact) mass is 233 g/mol. The van der Waals surface area contributed by atoms with Gasteiger partial charge < -0.3 is 15.4 Å². The molecule has 4 nitrogen and oxygen atoms in total. The number of rotatable bonds is 5. The molecule has 17 heavy (non-hydrogen) atoms. The zero-order valence-electron chi connectivity index (χ0n) is 10.4. The maximum absolute atomic E-state index is 5.18. The molecule has 0 aromatic heterocycles. The van der Waals surface area contributed by atoms with Crippen LogP contribution in [0.3, 0.4) is 0 Å². The molecule has 4 heteroatoms. The fourth-order valence-corrected chi connectivity index (χ4v) is 1.93. The van der Waals surface area contributed by atoms with Gasteiger partial charge in [0.2, 0.25) is 0 Å². The molecule has 0 radical (unpaired) electrons. The van der Waals surface area contributed by atoms with Crippen molar-refractivity contribution in [3.05, 3.63) is 29.3 Å². The Hall–Kier alpha value is -1.55. The van der Waals surface area contributed by atoms with Gasteiger partial charge in [0, 0.05) is 19.3 Å². The first-order valence-electron chi connectivity index (χ1n) is 5.89. The molecule has 0 fully saturated rings. The molecule has 1 aliphatic rings. The number of aliphatic imine (C=N–C) groups is 1. The van der Waals surface area contributed by atoms with Gasteiger partial charge >= 0.3 is 0 Å². The van der Waals surface area contributed by atoms with E-state index in [0.29, 0.717) is 6.61 Å². The number of nitrogens with one attached hydrogen (secondary N) is 2. The summed E-state index contributed by atoms with van der Waals surface area (Å²) in [4.78, 5) is 4.36.